The maximum absolute atomic E-state index is 12.2. The number of aryl methyl sites for hydroxylation is 1. The molecule has 0 unspecified atom stereocenters. The van der Waals surface area contributed by atoms with E-state index in [0.29, 0.717) is 34.4 Å². The van der Waals surface area contributed by atoms with Gasteiger partial charge < -0.3 is 5.32 Å². The van der Waals surface area contributed by atoms with Crippen molar-refractivity contribution in [3.05, 3.63) is 87.2 Å². The molecule has 0 saturated heterocycles. The number of amides is 1. The topological polar surface area (TPSA) is 70.7 Å². The van der Waals surface area contributed by atoms with Gasteiger partial charge in [-0.2, -0.15) is 10.4 Å². The summed E-state index contributed by atoms with van der Waals surface area (Å²) in [7, 11) is 0. The molecule has 0 atom stereocenters. The summed E-state index contributed by atoms with van der Waals surface area (Å²) >= 11 is 12.4. The molecule has 0 aliphatic heterocycles. The Morgan fingerprint density at radius 2 is 1.79 bits per heavy atom. The van der Waals surface area contributed by atoms with Gasteiger partial charge in [0, 0.05) is 22.3 Å². The molecule has 3 rings (SSSR count). The van der Waals surface area contributed by atoms with Crippen LogP contribution in [-0.2, 0) is 17.8 Å². The lowest BCUT2D eigenvalue weighted by atomic mass is 10.1. The van der Waals surface area contributed by atoms with Crippen LogP contribution in [0.15, 0.2) is 54.6 Å². The fourth-order valence-electron chi connectivity index (χ4n) is 2.76. The third-order valence-corrected chi connectivity index (χ3v) is 4.91. The zero-order chi connectivity index (χ0) is 20.8. The summed E-state index contributed by atoms with van der Waals surface area (Å²) < 4.78 is 1.69. The molecule has 0 radical (unpaired) electrons. The Bertz CT molecular complexity index is 1080. The molecule has 29 heavy (non-hydrogen) atoms. The van der Waals surface area contributed by atoms with Crippen LogP contribution in [0.25, 0.3) is 6.08 Å². The predicted molar refractivity (Wildman–Crippen MR) is 116 cm³/mol. The molecule has 146 valence electrons. The van der Waals surface area contributed by atoms with Crippen molar-refractivity contribution >= 4 is 40.9 Å². The number of rotatable bonds is 6. The van der Waals surface area contributed by atoms with Gasteiger partial charge in [-0.15, -0.1) is 0 Å². The first kappa shape index (κ1) is 20.7. The van der Waals surface area contributed by atoms with E-state index in [1.165, 1.54) is 6.08 Å². The Morgan fingerprint density at radius 1 is 1.14 bits per heavy atom. The minimum Gasteiger partial charge on any atom is -0.323 e. The van der Waals surface area contributed by atoms with E-state index in [0.717, 1.165) is 16.8 Å². The molecule has 0 fully saturated rings. The molecule has 7 heteroatoms. The highest BCUT2D eigenvalue weighted by Crippen LogP contribution is 2.23. The van der Waals surface area contributed by atoms with Crippen LogP contribution in [-0.4, -0.2) is 15.7 Å². The summed E-state index contributed by atoms with van der Waals surface area (Å²) in [5, 5.41) is 17.1. The van der Waals surface area contributed by atoms with Crippen molar-refractivity contribution in [2.45, 2.75) is 19.9 Å². The predicted octanol–water partition coefficient (Wildman–Crippen LogP) is 5.26. The molecular formula is C22H18Cl2N4O. The fraction of sp³-hybridized carbons (Fsp3) is 0.136. The van der Waals surface area contributed by atoms with Gasteiger partial charge in [-0.3, -0.25) is 4.79 Å². The van der Waals surface area contributed by atoms with Gasteiger partial charge in [0.05, 0.1) is 24.7 Å². The Hall–Kier alpha value is -3.07. The van der Waals surface area contributed by atoms with Crippen molar-refractivity contribution in [2.24, 2.45) is 0 Å². The van der Waals surface area contributed by atoms with Crippen LogP contribution in [0.5, 0.6) is 0 Å². The summed E-state index contributed by atoms with van der Waals surface area (Å²) in [6.45, 7) is 2.35. The summed E-state index contributed by atoms with van der Waals surface area (Å²) in [5.41, 5.74) is 4.00. The number of anilines is 1. The lowest BCUT2D eigenvalue weighted by Gasteiger charge is -2.04. The number of halogens is 2. The summed E-state index contributed by atoms with van der Waals surface area (Å²) in [5.74, 6) is -0.279. The minimum absolute atomic E-state index is 0.279. The van der Waals surface area contributed by atoms with E-state index in [-0.39, 0.29) is 5.91 Å². The van der Waals surface area contributed by atoms with E-state index >= 15 is 0 Å². The zero-order valence-corrected chi connectivity index (χ0v) is 17.2. The molecule has 2 aromatic carbocycles. The van der Waals surface area contributed by atoms with Crippen molar-refractivity contribution in [3.8, 4) is 6.07 Å². The van der Waals surface area contributed by atoms with Gasteiger partial charge >= 0.3 is 0 Å². The van der Waals surface area contributed by atoms with Crippen LogP contribution < -0.4 is 5.32 Å². The summed E-state index contributed by atoms with van der Waals surface area (Å²) in [4.78, 5) is 12.2. The van der Waals surface area contributed by atoms with E-state index in [1.807, 2.05) is 43.3 Å². The Balaban J connectivity index is 1.68. The van der Waals surface area contributed by atoms with Crippen molar-refractivity contribution in [1.29, 1.82) is 5.26 Å². The number of hydrogen-bond acceptors (Lipinski definition) is 3. The molecule has 0 aliphatic rings. The van der Waals surface area contributed by atoms with Gasteiger partial charge in [-0.25, -0.2) is 4.68 Å². The number of carbonyl (C=O) groups is 1. The van der Waals surface area contributed by atoms with Crippen LogP contribution in [0.2, 0.25) is 10.2 Å². The first-order chi connectivity index (χ1) is 14.0. The molecule has 0 bridgehead atoms. The number of aromatic nitrogens is 2. The molecule has 3 aromatic rings. The number of nitrogens with zero attached hydrogens (tertiary/aromatic N) is 3. The number of carbonyl (C=O) groups excluding carboxylic acids is 1. The third-order valence-electron chi connectivity index (χ3n) is 4.26. The SMILES string of the molecule is Cc1nn(Cc2ccc(Cl)cc2)c(Cl)c1/C=C/C(=O)Nc1ccc(CC#N)cc1. The molecule has 0 aliphatic carbocycles. The van der Waals surface area contributed by atoms with Crippen LogP contribution in [0, 0.1) is 18.3 Å². The second-order valence-electron chi connectivity index (χ2n) is 6.43. The highest BCUT2D eigenvalue weighted by Gasteiger charge is 2.12. The highest BCUT2D eigenvalue weighted by atomic mass is 35.5. The van der Waals surface area contributed by atoms with Gasteiger partial charge in [0.25, 0.3) is 0 Å². The molecule has 1 amide bonds. The van der Waals surface area contributed by atoms with E-state index < -0.39 is 0 Å². The lowest BCUT2D eigenvalue weighted by molar-refractivity contribution is -0.111. The van der Waals surface area contributed by atoms with Gasteiger partial charge in [0.2, 0.25) is 5.91 Å². The first-order valence-corrected chi connectivity index (χ1v) is 9.64. The molecule has 5 nitrogen and oxygen atoms in total. The highest BCUT2D eigenvalue weighted by molar-refractivity contribution is 6.31. The van der Waals surface area contributed by atoms with Gasteiger partial charge in [-0.05, 0) is 48.4 Å². The quantitative estimate of drug-likeness (QED) is 0.548. The lowest BCUT2D eigenvalue weighted by Crippen LogP contribution is -2.07. The molecule has 0 saturated carbocycles. The van der Waals surface area contributed by atoms with E-state index in [1.54, 1.807) is 22.9 Å². The summed E-state index contributed by atoms with van der Waals surface area (Å²) in [6, 6.07) is 16.7. The molecule has 1 heterocycles. The van der Waals surface area contributed by atoms with Gasteiger partial charge in [0.15, 0.2) is 0 Å². The standard InChI is InChI=1S/C22H18Cl2N4O/c1-15-20(22(24)28(27-15)14-17-2-6-18(23)7-3-17)10-11-21(29)26-19-8-4-16(5-9-19)12-13-25/h2-11H,12,14H2,1H3,(H,26,29)/b11-10+. The van der Waals surface area contributed by atoms with Crippen LogP contribution in [0.4, 0.5) is 5.69 Å². The Kier molecular flexibility index (Phi) is 6.71. The largest absolute Gasteiger partial charge is 0.323 e. The number of benzene rings is 2. The van der Waals surface area contributed by atoms with Crippen molar-refractivity contribution < 1.29 is 4.79 Å². The van der Waals surface area contributed by atoms with Crippen molar-refractivity contribution in [1.82, 2.24) is 9.78 Å². The van der Waals surface area contributed by atoms with E-state index in [9.17, 15) is 4.79 Å². The zero-order valence-electron chi connectivity index (χ0n) is 15.7. The first-order valence-electron chi connectivity index (χ1n) is 8.88. The second-order valence-corrected chi connectivity index (χ2v) is 7.22. The third kappa shape index (κ3) is 5.47. The Labute approximate surface area is 179 Å². The van der Waals surface area contributed by atoms with Gasteiger partial charge in [0.1, 0.15) is 5.15 Å². The van der Waals surface area contributed by atoms with Crippen molar-refractivity contribution in [3.63, 3.8) is 0 Å². The second kappa shape index (κ2) is 9.42. The number of nitrogens with one attached hydrogen (secondary N) is 1. The monoisotopic (exact) mass is 424 g/mol. The maximum Gasteiger partial charge on any atom is 0.248 e. The molecule has 0 spiro atoms. The van der Waals surface area contributed by atoms with E-state index in [4.69, 9.17) is 28.5 Å². The maximum atomic E-state index is 12.2. The van der Waals surface area contributed by atoms with Crippen molar-refractivity contribution in [2.75, 3.05) is 5.32 Å². The number of hydrogen-bond donors (Lipinski definition) is 1. The normalized spacial score (nSPS) is 10.8. The van der Waals surface area contributed by atoms with Gasteiger partial charge in [-0.1, -0.05) is 47.5 Å². The van der Waals surface area contributed by atoms with Crippen LogP contribution in [0.1, 0.15) is 22.4 Å². The Morgan fingerprint density at radius 3 is 2.45 bits per heavy atom. The van der Waals surface area contributed by atoms with Crippen LogP contribution in [0.3, 0.4) is 0 Å². The smallest absolute Gasteiger partial charge is 0.248 e. The number of nitriles is 1. The molecule has 1 N–H and O–H groups in total. The average molecular weight is 425 g/mol. The van der Waals surface area contributed by atoms with Crippen LogP contribution >= 0.6 is 23.2 Å². The average Bonchev–Trinajstić information content (AvgIpc) is 2.96. The fourth-order valence-corrected chi connectivity index (χ4v) is 3.19. The van der Waals surface area contributed by atoms with E-state index in [2.05, 4.69) is 16.5 Å². The molecule has 1 aromatic heterocycles. The molecular weight excluding hydrogens is 407 g/mol. The minimum atomic E-state index is -0.279. The summed E-state index contributed by atoms with van der Waals surface area (Å²) in [6.07, 6.45) is 3.42.